The molecule has 2 N–H and O–H groups in total. The van der Waals surface area contributed by atoms with Crippen LogP contribution in [0.2, 0.25) is 5.02 Å². The number of hydrogen-bond donors (Lipinski definition) is 2. The van der Waals surface area contributed by atoms with Gasteiger partial charge in [-0.15, -0.1) is 0 Å². The average Bonchev–Trinajstić information content (AvgIpc) is 2.54. The van der Waals surface area contributed by atoms with Crippen molar-refractivity contribution >= 4 is 22.6 Å². The highest BCUT2D eigenvalue weighted by molar-refractivity contribution is 6.30. The summed E-state index contributed by atoms with van der Waals surface area (Å²) in [6, 6.07) is 9.38. The smallest absolute Gasteiger partial charge is 0.197 e. The fraction of sp³-hybridized carbons (Fsp3) is 0.150. The van der Waals surface area contributed by atoms with Crippen LogP contribution in [0.4, 0.5) is 0 Å². The Morgan fingerprint density at radius 1 is 1.12 bits per heavy atom. The number of aromatic hydroxyl groups is 2. The number of phenols is 2. The summed E-state index contributed by atoms with van der Waals surface area (Å²) in [6.45, 7) is 3.88. The summed E-state index contributed by atoms with van der Waals surface area (Å²) in [4.78, 5) is 12.5. The van der Waals surface area contributed by atoms with E-state index in [0.717, 1.165) is 5.57 Å². The van der Waals surface area contributed by atoms with Crippen molar-refractivity contribution in [2.75, 3.05) is 0 Å². The molecule has 3 rings (SSSR count). The molecule has 0 unspecified atom stereocenters. The number of phenolic OH excluding ortho intramolecular Hbond substituents is 2. The second-order valence-corrected chi connectivity index (χ2v) is 6.50. The van der Waals surface area contributed by atoms with E-state index in [-0.39, 0.29) is 27.9 Å². The van der Waals surface area contributed by atoms with Crippen molar-refractivity contribution in [3.05, 3.63) is 68.9 Å². The standard InChI is InChI=1S/C20H17ClO4/c1-11(2)3-8-14-15(22)9-16(23)19-17(24)10-18(25-20(14)19)12-4-6-13(21)7-5-12/h3-7,9-10,22-23H,8H2,1-2H3. The third-order valence-corrected chi connectivity index (χ3v) is 4.16. The Bertz CT molecular complexity index is 1030. The molecule has 3 aromatic rings. The predicted octanol–water partition coefficient (Wildman–Crippen LogP) is 5.03. The fourth-order valence-corrected chi connectivity index (χ4v) is 2.74. The van der Waals surface area contributed by atoms with Crippen molar-refractivity contribution in [2.24, 2.45) is 0 Å². The van der Waals surface area contributed by atoms with Crippen LogP contribution in [0.1, 0.15) is 19.4 Å². The minimum Gasteiger partial charge on any atom is -0.507 e. The van der Waals surface area contributed by atoms with E-state index in [2.05, 4.69) is 0 Å². The molecule has 0 amide bonds. The molecule has 0 bridgehead atoms. The summed E-state index contributed by atoms with van der Waals surface area (Å²) in [6.07, 6.45) is 2.30. The Labute approximate surface area is 149 Å². The SMILES string of the molecule is CC(C)=CCc1c(O)cc(O)c2c(=O)cc(-c3ccc(Cl)cc3)oc12. The molecule has 0 radical (unpaired) electrons. The van der Waals surface area contributed by atoms with Gasteiger partial charge in [0.05, 0.1) is 0 Å². The summed E-state index contributed by atoms with van der Waals surface area (Å²) in [7, 11) is 0. The molecule has 0 aliphatic rings. The molecular formula is C20H17ClO4. The topological polar surface area (TPSA) is 70.7 Å². The van der Waals surface area contributed by atoms with Crippen molar-refractivity contribution in [1.29, 1.82) is 0 Å². The van der Waals surface area contributed by atoms with E-state index in [9.17, 15) is 15.0 Å². The first-order chi connectivity index (χ1) is 11.9. The van der Waals surface area contributed by atoms with Crippen molar-refractivity contribution in [2.45, 2.75) is 20.3 Å². The zero-order valence-electron chi connectivity index (χ0n) is 13.8. The molecule has 0 saturated heterocycles. The second-order valence-electron chi connectivity index (χ2n) is 6.06. The molecule has 4 nitrogen and oxygen atoms in total. The van der Waals surface area contributed by atoms with Crippen molar-refractivity contribution in [3.8, 4) is 22.8 Å². The number of hydrogen-bond acceptors (Lipinski definition) is 4. The van der Waals surface area contributed by atoms with Crippen molar-refractivity contribution in [1.82, 2.24) is 0 Å². The van der Waals surface area contributed by atoms with Gasteiger partial charge in [-0.25, -0.2) is 0 Å². The van der Waals surface area contributed by atoms with Crippen LogP contribution in [-0.2, 0) is 6.42 Å². The quantitative estimate of drug-likeness (QED) is 0.645. The fourth-order valence-electron chi connectivity index (χ4n) is 2.61. The number of allylic oxidation sites excluding steroid dienone is 2. The molecule has 0 saturated carbocycles. The van der Waals surface area contributed by atoms with Crippen LogP contribution >= 0.6 is 11.6 Å². The van der Waals surface area contributed by atoms with Crippen LogP contribution in [0, 0.1) is 0 Å². The third kappa shape index (κ3) is 3.39. The molecule has 128 valence electrons. The van der Waals surface area contributed by atoms with Crippen LogP contribution < -0.4 is 5.43 Å². The van der Waals surface area contributed by atoms with E-state index < -0.39 is 0 Å². The maximum atomic E-state index is 12.5. The normalized spacial score (nSPS) is 10.8. The molecule has 0 aliphatic carbocycles. The Morgan fingerprint density at radius 2 is 1.80 bits per heavy atom. The van der Waals surface area contributed by atoms with Gasteiger partial charge >= 0.3 is 0 Å². The summed E-state index contributed by atoms with van der Waals surface area (Å²) in [5.41, 5.74) is 2.02. The highest BCUT2D eigenvalue weighted by atomic mass is 35.5. The summed E-state index contributed by atoms with van der Waals surface area (Å²) in [5, 5.41) is 20.9. The summed E-state index contributed by atoms with van der Waals surface area (Å²) in [5.74, 6) is -0.0682. The van der Waals surface area contributed by atoms with Gasteiger partial charge in [-0.2, -0.15) is 0 Å². The predicted molar refractivity (Wildman–Crippen MR) is 99.4 cm³/mol. The Balaban J connectivity index is 2.30. The molecule has 1 aromatic heterocycles. The molecule has 1 heterocycles. The Hall–Kier alpha value is -2.72. The van der Waals surface area contributed by atoms with Gasteiger partial charge in [-0.1, -0.05) is 23.3 Å². The largest absolute Gasteiger partial charge is 0.507 e. The minimum absolute atomic E-state index is 0.0627. The average molecular weight is 357 g/mol. The van der Waals surface area contributed by atoms with Crippen LogP contribution in [0.3, 0.4) is 0 Å². The van der Waals surface area contributed by atoms with E-state index in [1.807, 2.05) is 19.9 Å². The van der Waals surface area contributed by atoms with Gasteiger partial charge < -0.3 is 14.6 Å². The first-order valence-electron chi connectivity index (χ1n) is 7.78. The van der Waals surface area contributed by atoms with Gasteiger partial charge in [-0.05, 0) is 44.5 Å². The lowest BCUT2D eigenvalue weighted by molar-refractivity contribution is 0.448. The lowest BCUT2D eigenvalue weighted by Crippen LogP contribution is -2.03. The molecule has 0 spiro atoms. The molecule has 0 aliphatic heterocycles. The lowest BCUT2D eigenvalue weighted by Gasteiger charge is -2.10. The monoisotopic (exact) mass is 356 g/mol. The van der Waals surface area contributed by atoms with Gasteiger partial charge in [0.15, 0.2) is 5.43 Å². The summed E-state index contributed by atoms with van der Waals surface area (Å²) >= 11 is 5.90. The first kappa shape index (κ1) is 17.1. The first-order valence-corrected chi connectivity index (χ1v) is 8.15. The highest BCUT2D eigenvalue weighted by Crippen LogP contribution is 2.35. The van der Waals surface area contributed by atoms with Crippen LogP contribution in [0.15, 0.2) is 57.3 Å². The minimum atomic E-state index is -0.373. The van der Waals surface area contributed by atoms with E-state index in [1.165, 1.54) is 12.1 Å². The van der Waals surface area contributed by atoms with Crippen molar-refractivity contribution in [3.63, 3.8) is 0 Å². The number of rotatable bonds is 3. The molecule has 0 fully saturated rings. The second kappa shape index (κ2) is 6.65. The van der Waals surface area contributed by atoms with Gasteiger partial charge in [0.25, 0.3) is 0 Å². The van der Waals surface area contributed by atoms with Gasteiger partial charge in [0.2, 0.25) is 0 Å². The summed E-state index contributed by atoms with van der Waals surface area (Å²) < 4.78 is 5.90. The molecule has 2 aromatic carbocycles. The molecular weight excluding hydrogens is 340 g/mol. The zero-order valence-corrected chi connectivity index (χ0v) is 14.6. The van der Waals surface area contributed by atoms with Gasteiger partial charge in [0, 0.05) is 28.3 Å². The highest BCUT2D eigenvalue weighted by Gasteiger charge is 2.17. The zero-order chi connectivity index (χ0) is 18.1. The van der Waals surface area contributed by atoms with E-state index in [0.29, 0.717) is 28.3 Å². The van der Waals surface area contributed by atoms with Crippen LogP contribution in [0.25, 0.3) is 22.3 Å². The Kier molecular flexibility index (Phi) is 4.55. The van der Waals surface area contributed by atoms with E-state index in [4.69, 9.17) is 16.0 Å². The van der Waals surface area contributed by atoms with E-state index in [1.54, 1.807) is 24.3 Å². The lowest BCUT2D eigenvalue weighted by atomic mass is 10.0. The third-order valence-electron chi connectivity index (χ3n) is 3.90. The van der Waals surface area contributed by atoms with E-state index >= 15 is 0 Å². The number of fused-ring (bicyclic) bond motifs is 1. The molecule has 5 heteroatoms. The van der Waals surface area contributed by atoms with Gasteiger partial charge in [0.1, 0.15) is 28.2 Å². The van der Waals surface area contributed by atoms with Crippen LogP contribution in [0.5, 0.6) is 11.5 Å². The van der Waals surface area contributed by atoms with Crippen molar-refractivity contribution < 1.29 is 14.6 Å². The molecule has 25 heavy (non-hydrogen) atoms. The number of benzene rings is 2. The number of halogens is 1. The van der Waals surface area contributed by atoms with Crippen LogP contribution in [-0.4, -0.2) is 10.2 Å². The maximum absolute atomic E-state index is 12.5. The van der Waals surface area contributed by atoms with Gasteiger partial charge in [-0.3, -0.25) is 4.79 Å². The Morgan fingerprint density at radius 3 is 2.44 bits per heavy atom. The maximum Gasteiger partial charge on any atom is 0.197 e. The molecule has 0 atom stereocenters.